The minimum atomic E-state index is -1.33. The van der Waals surface area contributed by atoms with Crippen LogP contribution in [0.25, 0.3) is 6.08 Å². The van der Waals surface area contributed by atoms with Crippen molar-refractivity contribution in [3.05, 3.63) is 58.5 Å². The van der Waals surface area contributed by atoms with E-state index < -0.39 is 17.6 Å². The molecule has 1 saturated heterocycles. The van der Waals surface area contributed by atoms with Gasteiger partial charge >= 0.3 is 5.97 Å². The molecule has 160 valence electrons. The second-order valence-corrected chi connectivity index (χ2v) is 8.07. The molecule has 0 radical (unpaired) electrons. The fourth-order valence-corrected chi connectivity index (χ4v) is 4.13. The molecule has 0 aliphatic carbocycles. The fraction of sp³-hybridized carbons (Fsp3) is 0.143. The first-order valence-corrected chi connectivity index (χ1v) is 10.2. The lowest BCUT2D eigenvalue weighted by atomic mass is 10.2. The van der Waals surface area contributed by atoms with Gasteiger partial charge in [-0.2, -0.15) is 0 Å². The summed E-state index contributed by atoms with van der Waals surface area (Å²) in [5, 5.41) is 23.1. The van der Waals surface area contributed by atoms with E-state index in [1.807, 2.05) is 18.2 Å². The maximum Gasteiger partial charge on any atom is 0.335 e. The number of carbonyl (C=O) groups is 3. The van der Waals surface area contributed by atoms with E-state index >= 15 is 0 Å². The average molecular weight is 458 g/mol. The van der Waals surface area contributed by atoms with Crippen molar-refractivity contribution in [2.24, 2.45) is 0 Å². The Morgan fingerprint density at radius 1 is 1.29 bits per heavy atom. The van der Waals surface area contributed by atoms with Crippen LogP contribution in [0, 0.1) is 0 Å². The Balaban J connectivity index is 1.63. The second-order valence-electron chi connectivity index (χ2n) is 6.39. The van der Waals surface area contributed by atoms with E-state index in [9.17, 15) is 19.5 Å². The zero-order chi connectivity index (χ0) is 22.5. The average Bonchev–Trinajstić information content (AvgIpc) is 2.99. The summed E-state index contributed by atoms with van der Waals surface area (Å²) in [5.74, 6) is -2.16. The van der Waals surface area contributed by atoms with Gasteiger partial charge in [-0.1, -0.05) is 47.9 Å². The normalized spacial score (nSPS) is 14.7. The first-order valence-electron chi connectivity index (χ1n) is 9.02. The van der Waals surface area contributed by atoms with Crippen molar-refractivity contribution in [2.45, 2.75) is 6.42 Å². The number of nitrogens with zero attached hydrogens (tertiary/aromatic N) is 1. The number of methoxy groups -OCH3 is 1. The minimum Gasteiger partial charge on any atom is -0.872 e. The number of thioether (sulfide) groups is 1. The predicted molar refractivity (Wildman–Crippen MR) is 119 cm³/mol. The van der Waals surface area contributed by atoms with Gasteiger partial charge in [0, 0.05) is 24.2 Å². The summed E-state index contributed by atoms with van der Waals surface area (Å²) in [6, 6.07) is 10.8. The molecule has 0 unspecified atom stereocenters. The van der Waals surface area contributed by atoms with E-state index in [1.54, 1.807) is 19.3 Å². The molecule has 1 heterocycles. The number of nitrogens with one attached hydrogen (secondary N) is 1. The lowest BCUT2D eigenvalue weighted by Crippen LogP contribution is -2.31. The molecule has 0 spiro atoms. The summed E-state index contributed by atoms with van der Waals surface area (Å²) in [6.45, 7) is 0.0667. The molecule has 1 aliphatic heterocycles. The summed E-state index contributed by atoms with van der Waals surface area (Å²) in [4.78, 5) is 37.6. The number of benzene rings is 2. The number of carbonyl (C=O) groups excluding carboxylic acids is 2. The van der Waals surface area contributed by atoms with Gasteiger partial charge in [0.15, 0.2) is 0 Å². The van der Waals surface area contributed by atoms with Gasteiger partial charge in [-0.3, -0.25) is 14.5 Å². The Morgan fingerprint density at radius 2 is 2.03 bits per heavy atom. The van der Waals surface area contributed by atoms with Crippen molar-refractivity contribution in [2.75, 3.05) is 19.0 Å². The number of aromatic carboxylic acids is 1. The fourth-order valence-electron chi connectivity index (χ4n) is 2.83. The van der Waals surface area contributed by atoms with Crippen molar-refractivity contribution in [3.63, 3.8) is 0 Å². The summed E-state index contributed by atoms with van der Waals surface area (Å²) in [5.41, 5.74) is 0.542. The smallest absolute Gasteiger partial charge is 0.335 e. The number of hydrogen-bond donors (Lipinski definition) is 2. The topological polar surface area (TPSA) is 119 Å². The minimum absolute atomic E-state index is 0.0523. The molecule has 0 aromatic heterocycles. The monoisotopic (exact) mass is 457 g/mol. The third-order valence-corrected chi connectivity index (χ3v) is 5.74. The maximum absolute atomic E-state index is 12.7. The van der Waals surface area contributed by atoms with Crippen molar-refractivity contribution in [3.8, 4) is 11.5 Å². The molecule has 3 rings (SSSR count). The van der Waals surface area contributed by atoms with Crippen LogP contribution in [-0.2, 0) is 9.59 Å². The Labute approximate surface area is 187 Å². The van der Waals surface area contributed by atoms with Crippen LogP contribution >= 0.6 is 24.0 Å². The number of para-hydroxylation sites is 1. The Hall–Kier alpha value is -3.37. The number of rotatable bonds is 7. The van der Waals surface area contributed by atoms with Gasteiger partial charge in [-0.25, -0.2) is 4.79 Å². The number of hydrogen-bond acceptors (Lipinski definition) is 7. The summed E-state index contributed by atoms with van der Waals surface area (Å²) in [6.07, 6.45) is 1.64. The van der Waals surface area contributed by atoms with Crippen molar-refractivity contribution < 1.29 is 29.3 Å². The van der Waals surface area contributed by atoms with E-state index in [0.717, 1.165) is 29.5 Å². The third kappa shape index (κ3) is 5.22. The van der Waals surface area contributed by atoms with E-state index in [2.05, 4.69) is 5.32 Å². The molecule has 2 aromatic carbocycles. The highest BCUT2D eigenvalue weighted by atomic mass is 32.2. The molecule has 2 N–H and O–H groups in total. The summed E-state index contributed by atoms with van der Waals surface area (Å²) >= 11 is 6.42. The summed E-state index contributed by atoms with van der Waals surface area (Å²) < 4.78 is 5.63. The Bertz CT molecular complexity index is 1100. The van der Waals surface area contributed by atoms with Crippen LogP contribution in [0.4, 0.5) is 5.69 Å². The number of amides is 2. The Kier molecular flexibility index (Phi) is 6.93. The molecule has 0 saturated carbocycles. The molecule has 31 heavy (non-hydrogen) atoms. The number of anilines is 1. The van der Waals surface area contributed by atoms with E-state index in [4.69, 9.17) is 22.1 Å². The van der Waals surface area contributed by atoms with Crippen molar-refractivity contribution in [1.29, 1.82) is 0 Å². The lowest BCUT2D eigenvalue weighted by molar-refractivity contribution is -0.268. The predicted octanol–water partition coefficient (Wildman–Crippen LogP) is 2.70. The highest BCUT2D eigenvalue weighted by molar-refractivity contribution is 8.26. The van der Waals surface area contributed by atoms with Crippen LogP contribution in [-0.4, -0.2) is 45.8 Å². The maximum atomic E-state index is 12.7. The zero-order valence-electron chi connectivity index (χ0n) is 16.3. The highest BCUT2D eigenvalue weighted by Gasteiger charge is 2.32. The standard InChI is InChI=1S/C21H18N2O6S2/c1-29-16-5-3-2-4-12(16)10-17-19(26)23(21(30)31-17)9-8-18(25)22-13-6-7-14(20(27)28)15(24)11-13/h2-7,10-11,24H,8-9H2,1H3,(H,22,25)(H,27,28)/p-1/b17-10+. The molecule has 8 nitrogen and oxygen atoms in total. The molecule has 10 heteroatoms. The van der Waals surface area contributed by atoms with E-state index in [1.165, 1.54) is 11.0 Å². The number of carboxylic acids is 1. The molecule has 1 fully saturated rings. The number of thiocarbonyl (C=S) groups is 1. The van der Waals surface area contributed by atoms with Crippen LogP contribution in [0.15, 0.2) is 47.4 Å². The first kappa shape index (κ1) is 22.3. The van der Waals surface area contributed by atoms with Gasteiger partial charge in [0.05, 0.1) is 17.6 Å². The molecule has 2 amide bonds. The largest absolute Gasteiger partial charge is 0.872 e. The second kappa shape index (κ2) is 9.63. The molecule has 0 bridgehead atoms. The van der Waals surface area contributed by atoms with Gasteiger partial charge in [0.1, 0.15) is 10.1 Å². The third-order valence-electron chi connectivity index (χ3n) is 4.36. The number of ether oxygens (including phenoxy) is 1. The zero-order valence-corrected chi connectivity index (χ0v) is 17.9. The summed E-state index contributed by atoms with van der Waals surface area (Å²) in [7, 11) is 1.54. The van der Waals surface area contributed by atoms with Crippen LogP contribution in [0.2, 0.25) is 0 Å². The molecule has 0 atom stereocenters. The van der Waals surface area contributed by atoms with Gasteiger partial charge < -0.3 is 20.3 Å². The van der Waals surface area contributed by atoms with Gasteiger partial charge in [0.25, 0.3) is 5.91 Å². The quantitative estimate of drug-likeness (QED) is 0.481. The van der Waals surface area contributed by atoms with Crippen molar-refractivity contribution >= 4 is 57.8 Å². The van der Waals surface area contributed by atoms with Gasteiger partial charge in [0.2, 0.25) is 5.91 Å². The SMILES string of the molecule is COc1ccccc1/C=C1/SC(=S)N(CCC(=O)Nc2ccc(C(=O)O)c([O-])c2)C1=O. The van der Waals surface area contributed by atoms with Crippen molar-refractivity contribution in [1.82, 2.24) is 4.90 Å². The highest BCUT2D eigenvalue weighted by Crippen LogP contribution is 2.34. The van der Waals surface area contributed by atoms with Gasteiger partial charge in [-0.15, -0.1) is 0 Å². The Morgan fingerprint density at radius 3 is 2.71 bits per heavy atom. The van der Waals surface area contributed by atoms with Crippen LogP contribution in [0.5, 0.6) is 11.5 Å². The van der Waals surface area contributed by atoms with E-state index in [-0.39, 0.29) is 30.1 Å². The molecular weight excluding hydrogens is 440 g/mol. The molecular formula is C21H17N2O6S2-. The lowest BCUT2D eigenvalue weighted by Gasteiger charge is -2.15. The van der Waals surface area contributed by atoms with Crippen LogP contribution in [0.1, 0.15) is 22.3 Å². The molecule has 2 aromatic rings. The first-order chi connectivity index (χ1) is 14.8. The van der Waals surface area contributed by atoms with E-state index in [0.29, 0.717) is 15.0 Å². The number of carboxylic acid groups (broad SMARTS) is 1. The van der Waals surface area contributed by atoms with Crippen LogP contribution in [0.3, 0.4) is 0 Å². The van der Waals surface area contributed by atoms with Gasteiger partial charge in [-0.05, 0) is 30.3 Å². The van der Waals surface area contributed by atoms with Crippen LogP contribution < -0.4 is 15.2 Å². The molecule has 1 aliphatic rings.